The monoisotopic (exact) mass is 405 g/mol. The Hall–Kier alpha value is -4.04. The second-order valence-corrected chi connectivity index (χ2v) is 8.53. The number of fused-ring (bicyclic) bond motifs is 5. The van der Waals surface area contributed by atoms with Gasteiger partial charge >= 0.3 is 0 Å². The first-order chi connectivity index (χ1) is 15.9. The zero-order valence-electron chi connectivity index (χ0n) is 17.6. The summed E-state index contributed by atoms with van der Waals surface area (Å²) >= 11 is 0. The van der Waals surface area contributed by atoms with Gasteiger partial charge in [0.2, 0.25) is 6.71 Å². The number of benzene rings is 5. The summed E-state index contributed by atoms with van der Waals surface area (Å²) in [5, 5.41) is 0. The maximum absolute atomic E-state index is 2.43. The predicted molar refractivity (Wildman–Crippen MR) is 137 cm³/mol. The Morgan fingerprint density at radius 2 is 1.03 bits per heavy atom. The molecule has 0 saturated carbocycles. The minimum Gasteiger partial charge on any atom is -0.312 e. The smallest absolute Gasteiger partial charge is 0.249 e. The van der Waals surface area contributed by atoms with E-state index in [0.717, 1.165) is 0 Å². The van der Waals surface area contributed by atoms with Gasteiger partial charge in [-0.3, -0.25) is 0 Å². The Morgan fingerprint density at radius 3 is 1.84 bits per heavy atom. The summed E-state index contributed by atoms with van der Waals surface area (Å²) in [6.07, 6.45) is 0. The molecule has 0 unspecified atom stereocenters. The van der Waals surface area contributed by atoms with E-state index in [-0.39, 0.29) is 6.71 Å². The highest BCUT2D eigenvalue weighted by Gasteiger charge is 2.43. The quantitative estimate of drug-likeness (QED) is 0.337. The van der Waals surface area contributed by atoms with E-state index in [0.29, 0.717) is 0 Å². The molecule has 0 saturated heterocycles. The molecule has 0 atom stereocenters. The normalized spacial score (nSPS) is 12.9. The van der Waals surface area contributed by atoms with Gasteiger partial charge in [-0.25, -0.2) is 0 Å². The molecule has 148 valence electrons. The third-order valence-corrected chi connectivity index (χ3v) is 6.89. The summed E-state index contributed by atoms with van der Waals surface area (Å²) in [4.78, 5) is 2.43. The van der Waals surface area contributed by atoms with Crippen LogP contribution >= 0.6 is 0 Å². The van der Waals surface area contributed by atoms with Crippen LogP contribution in [-0.2, 0) is 0 Å². The minimum atomic E-state index is 0.240. The van der Waals surface area contributed by atoms with Crippen LogP contribution in [0.15, 0.2) is 121 Å². The second kappa shape index (κ2) is 6.73. The van der Waals surface area contributed by atoms with Crippen molar-refractivity contribution in [3.05, 3.63) is 121 Å². The largest absolute Gasteiger partial charge is 0.312 e. The third kappa shape index (κ3) is 2.35. The number of anilines is 3. The molecule has 0 aromatic heterocycles. The number of rotatable bonds is 2. The fraction of sp³-hybridized carbons (Fsp3) is 0. The van der Waals surface area contributed by atoms with Crippen LogP contribution in [0.4, 0.5) is 17.1 Å². The van der Waals surface area contributed by atoms with Gasteiger partial charge in [0.05, 0.1) is 0 Å². The van der Waals surface area contributed by atoms with Gasteiger partial charge in [-0.05, 0) is 57.4 Å². The molecule has 2 aliphatic heterocycles. The zero-order valence-corrected chi connectivity index (χ0v) is 17.6. The average Bonchev–Trinajstić information content (AvgIpc) is 3.22. The molecule has 0 fully saturated rings. The highest BCUT2D eigenvalue weighted by Crippen LogP contribution is 2.41. The lowest BCUT2D eigenvalue weighted by molar-refractivity contribution is 1.30. The Bertz CT molecular complexity index is 1470. The van der Waals surface area contributed by atoms with Crippen LogP contribution in [0.25, 0.3) is 22.3 Å². The molecule has 5 aromatic rings. The van der Waals surface area contributed by atoms with Crippen LogP contribution in [0.5, 0.6) is 0 Å². The fourth-order valence-electron chi connectivity index (χ4n) is 5.64. The summed E-state index contributed by atoms with van der Waals surface area (Å²) in [5.74, 6) is 0. The van der Waals surface area contributed by atoms with Crippen LogP contribution in [0.2, 0.25) is 0 Å². The van der Waals surface area contributed by atoms with Crippen molar-refractivity contribution in [3.8, 4) is 22.3 Å². The van der Waals surface area contributed by atoms with Gasteiger partial charge < -0.3 is 4.90 Å². The van der Waals surface area contributed by atoms with E-state index in [1.165, 1.54) is 55.7 Å². The predicted octanol–water partition coefficient (Wildman–Crippen LogP) is 5.63. The molecule has 0 amide bonds. The molecule has 0 aliphatic carbocycles. The molecule has 0 bridgehead atoms. The summed E-state index contributed by atoms with van der Waals surface area (Å²) in [7, 11) is 0. The van der Waals surface area contributed by atoms with Gasteiger partial charge in [-0.15, -0.1) is 0 Å². The van der Waals surface area contributed by atoms with E-state index in [4.69, 9.17) is 0 Å². The molecule has 2 heteroatoms. The van der Waals surface area contributed by atoms with Crippen LogP contribution < -0.4 is 21.3 Å². The molecule has 0 spiro atoms. The van der Waals surface area contributed by atoms with Crippen LogP contribution in [-0.4, -0.2) is 6.71 Å². The maximum Gasteiger partial charge on any atom is 0.249 e. The molecule has 2 aliphatic rings. The first-order valence-electron chi connectivity index (χ1n) is 11.2. The van der Waals surface area contributed by atoms with Gasteiger partial charge in [0.15, 0.2) is 0 Å². The standard InChI is InChI=1S/C30H20BN/c1-3-11-21(12-4-1)23-15-9-16-24-25-17-10-20-28-30(25)31(29(23)24)26-18-7-8-19-27(26)32(28)22-13-5-2-6-14-22/h1-20H. The van der Waals surface area contributed by atoms with Crippen molar-refractivity contribution < 1.29 is 0 Å². The summed E-state index contributed by atoms with van der Waals surface area (Å²) in [6, 6.07) is 44.0. The van der Waals surface area contributed by atoms with Crippen LogP contribution in [0.3, 0.4) is 0 Å². The van der Waals surface area contributed by atoms with Crippen molar-refractivity contribution in [2.75, 3.05) is 4.90 Å². The Kier molecular flexibility index (Phi) is 3.71. The first kappa shape index (κ1) is 17.6. The van der Waals surface area contributed by atoms with E-state index in [9.17, 15) is 0 Å². The first-order valence-corrected chi connectivity index (χ1v) is 11.2. The summed E-state index contributed by atoms with van der Waals surface area (Å²) in [6.45, 7) is 0.240. The van der Waals surface area contributed by atoms with E-state index in [1.54, 1.807) is 0 Å². The number of hydrogen-bond acceptors (Lipinski definition) is 1. The van der Waals surface area contributed by atoms with Crippen molar-refractivity contribution >= 4 is 40.2 Å². The highest BCUT2D eigenvalue weighted by molar-refractivity contribution is 7.02. The Morgan fingerprint density at radius 1 is 0.438 bits per heavy atom. The molecule has 5 aromatic carbocycles. The van der Waals surface area contributed by atoms with E-state index in [1.807, 2.05) is 0 Å². The van der Waals surface area contributed by atoms with Gasteiger partial charge in [0.1, 0.15) is 0 Å². The molecule has 7 rings (SSSR count). The lowest BCUT2D eigenvalue weighted by atomic mass is 9.36. The van der Waals surface area contributed by atoms with Crippen molar-refractivity contribution in [3.63, 3.8) is 0 Å². The summed E-state index contributed by atoms with van der Waals surface area (Å²) in [5.41, 5.74) is 13.3. The van der Waals surface area contributed by atoms with Crippen molar-refractivity contribution in [1.29, 1.82) is 0 Å². The minimum absolute atomic E-state index is 0.240. The molecule has 1 nitrogen and oxygen atoms in total. The topological polar surface area (TPSA) is 3.24 Å². The van der Waals surface area contributed by atoms with E-state index >= 15 is 0 Å². The average molecular weight is 405 g/mol. The van der Waals surface area contributed by atoms with E-state index in [2.05, 4.69) is 126 Å². The number of nitrogens with zero attached hydrogens (tertiary/aromatic N) is 1. The van der Waals surface area contributed by atoms with Crippen LogP contribution in [0, 0.1) is 0 Å². The Labute approximate surface area is 188 Å². The van der Waals surface area contributed by atoms with Gasteiger partial charge in [-0.2, -0.15) is 0 Å². The maximum atomic E-state index is 2.43. The molecular formula is C30H20BN. The zero-order chi connectivity index (χ0) is 21.1. The SMILES string of the molecule is c1ccc(-c2cccc3c2B2c4ccccc4N(c4ccccc4)c4cccc-3c42)cc1. The molecule has 2 heterocycles. The van der Waals surface area contributed by atoms with Crippen molar-refractivity contribution in [2.45, 2.75) is 0 Å². The number of hydrogen-bond donors (Lipinski definition) is 0. The number of para-hydroxylation sites is 2. The molecule has 32 heavy (non-hydrogen) atoms. The van der Waals surface area contributed by atoms with Gasteiger partial charge in [-0.1, -0.05) is 103 Å². The third-order valence-electron chi connectivity index (χ3n) is 6.89. The molecule has 0 radical (unpaired) electrons. The van der Waals surface area contributed by atoms with Gasteiger partial charge in [0, 0.05) is 17.1 Å². The molecular weight excluding hydrogens is 385 g/mol. The Balaban J connectivity index is 1.57. The van der Waals surface area contributed by atoms with Crippen LogP contribution in [0.1, 0.15) is 0 Å². The highest BCUT2D eigenvalue weighted by atomic mass is 15.1. The van der Waals surface area contributed by atoms with Crippen molar-refractivity contribution in [2.24, 2.45) is 0 Å². The lowest BCUT2D eigenvalue weighted by Crippen LogP contribution is -2.55. The second-order valence-electron chi connectivity index (χ2n) is 8.53. The fourth-order valence-corrected chi connectivity index (χ4v) is 5.64. The molecule has 0 N–H and O–H groups in total. The summed E-state index contributed by atoms with van der Waals surface area (Å²) < 4.78 is 0. The lowest BCUT2D eigenvalue weighted by Gasteiger charge is -2.36. The van der Waals surface area contributed by atoms with Crippen molar-refractivity contribution in [1.82, 2.24) is 0 Å². The van der Waals surface area contributed by atoms with Gasteiger partial charge in [0.25, 0.3) is 0 Å². The van der Waals surface area contributed by atoms with E-state index < -0.39 is 0 Å².